The summed E-state index contributed by atoms with van der Waals surface area (Å²) in [5, 5.41) is 0.715. The van der Waals surface area contributed by atoms with Gasteiger partial charge in [0.2, 0.25) is 0 Å². The molecule has 0 radical (unpaired) electrons. The van der Waals surface area contributed by atoms with Crippen LogP contribution in [-0.4, -0.2) is 24.6 Å². The predicted molar refractivity (Wildman–Crippen MR) is 76.9 cm³/mol. The lowest BCUT2D eigenvalue weighted by Gasteiger charge is -1.96. The molecule has 3 rings (SSSR count). The molecule has 0 amide bonds. The van der Waals surface area contributed by atoms with E-state index in [4.69, 9.17) is 5.73 Å². The average Bonchev–Trinajstić information content (AvgIpc) is 2.92. The Kier molecular flexibility index (Phi) is 2.61. The number of nitrogen functional groups attached to an aromatic ring is 1. The first-order chi connectivity index (χ1) is 8.93. The van der Waals surface area contributed by atoms with Crippen molar-refractivity contribution >= 4 is 37.2 Å². The van der Waals surface area contributed by atoms with Crippen molar-refractivity contribution in [3.05, 3.63) is 30.3 Å². The van der Waals surface area contributed by atoms with Crippen LogP contribution in [0.2, 0.25) is 0 Å². The summed E-state index contributed by atoms with van der Waals surface area (Å²) in [6.45, 7) is 0. The highest BCUT2D eigenvalue weighted by Crippen LogP contribution is 2.29. The maximum Gasteiger partial charge on any atom is 0.175 e. The van der Waals surface area contributed by atoms with E-state index >= 15 is 0 Å². The molecule has 5 nitrogen and oxygen atoms in total. The van der Waals surface area contributed by atoms with Crippen LogP contribution in [0.25, 0.3) is 21.7 Å². The molecule has 0 bridgehead atoms. The first-order valence-corrected chi connectivity index (χ1v) is 8.20. The summed E-state index contributed by atoms with van der Waals surface area (Å²) in [5.74, 6) is 0.697. The van der Waals surface area contributed by atoms with Crippen LogP contribution in [0.5, 0.6) is 0 Å². The van der Waals surface area contributed by atoms with Gasteiger partial charge in [0.15, 0.2) is 9.84 Å². The number of sulfone groups is 1. The minimum atomic E-state index is -3.21. The van der Waals surface area contributed by atoms with Gasteiger partial charge in [-0.3, -0.25) is 0 Å². The average molecular weight is 293 g/mol. The first-order valence-electron chi connectivity index (χ1n) is 5.49. The van der Waals surface area contributed by atoms with Crippen LogP contribution in [0.15, 0.2) is 35.2 Å². The lowest BCUT2D eigenvalue weighted by atomic mass is 10.3. The van der Waals surface area contributed by atoms with Gasteiger partial charge < -0.3 is 10.7 Å². The Labute approximate surface area is 114 Å². The summed E-state index contributed by atoms with van der Waals surface area (Å²) >= 11 is 1.43. The molecule has 0 fully saturated rings. The number of H-pyrrole nitrogens is 1. The molecule has 19 heavy (non-hydrogen) atoms. The van der Waals surface area contributed by atoms with Gasteiger partial charge in [-0.1, -0.05) is 0 Å². The number of imidazole rings is 1. The molecule has 1 aromatic carbocycles. The van der Waals surface area contributed by atoms with E-state index in [0.29, 0.717) is 16.3 Å². The number of nitrogens with zero attached hydrogens (tertiary/aromatic N) is 1. The standard InChI is InChI=1S/C12H11N3O2S2/c1-19(16,17)7-2-3-8-9(6-7)15-12(14-8)10-4-5-11(13)18-10/h2-6H,13H2,1H3,(H,14,15). The topological polar surface area (TPSA) is 88.8 Å². The summed E-state index contributed by atoms with van der Waals surface area (Å²) in [4.78, 5) is 8.75. The highest BCUT2D eigenvalue weighted by molar-refractivity contribution is 7.90. The van der Waals surface area contributed by atoms with Crippen LogP contribution < -0.4 is 5.73 Å². The number of nitrogens with two attached hydrogens (primary N) is 1. The summed E-state index contributed by atoms with van der Waals surface area (Å²) in [5.41, 5.74) is 7.12. The van der Waals surface area contributed by atoms with E-state index in [1.807, 2.05) is 12.1 Å². The van der Waals surface area contributed by atoms with Crippen molar-refractivity contribution in [2.45, 2.75) is 4.90 Å². The van der Waals surface area contributed by atoms with Gasteiger partial charge in [-0.05, 0) is 30.3 Å². The molecule has 0 aliphatic carbocycles. The van der Waals surface area contributed by atoms with Gasteiger partial charge in [-0.25, -0.2) is 13.4 Å². The van der Waals surface area contributed by atoms with Crippen molar-refractivity contribution in [3.8, 4) is 10.7 Å². The lowest BCUT2D eigenvalue weighted by Crippen LogP contribution is -1.96. The fourth-order valence-corrected chi connectivity index (χ4v) is 3.18. The molecule has 98 valence electrons. The molecule has 7 heteroatoms. The monoisotopic (exact) mass is 293 g/mol. The van der Waals surface area contributed by atoms with Crippen molar-refractivity contribution in [2.24, 2.45) is 0 Å². The molecule has 3 N–H and O–H groups in total. The van der Waals surface area contributed by atoms with Crippen molar-refractivity contribution in [2.75, 3.05) is 12.0 Å². The van der Waals surface area contributed by atoms with Crippen LogP contribution in [-0.2, 0) is 9.84 Å². The molecule has 0 spiro atoms. The van der Waals surface area contributed by atoms with Crippen LogP contribution in [0.4, 0.5) is 5.00 Å². The summed E-state index contributed by atoms with van der Waals surface area (Å²) in [6, 6.07) is 8.55. The minimum absolute atomic E-state index is 0.279. The van der Waals surface area contributed by atoms with E-state index in [-0.39, 0.29) is 4.90 Å². The number of rotatable bonds is 2. The second-order valence-electron chi connectivity index (χ2n) is 4.24. The number of hydrogen-bond donors (Lipinski definition) is 2. The number of nitrogens with one attached hydrogen (secondary N) is 1. The molecule has 2 aromatic heterocycles. The largest absolute Gasteiger partial charge is 0.391 e. The Morgan fingerprint density at radius 2 is 2.05 bits per heavy atom. The third-order valence-corrected chi connectivity index (χ3v) is 4.77. The van der Waals surface area contributed by atoms with Crippen molar-refractivity contribution in [1.29, 1.82) is 0 Å². The molecular formula is C12H11N3O2S2. The molecule has 0 atom stereocenters. The Bertz CT molecular complexity index is 862. The smallest absolute Gasteiger partial charge is 0.175 e. The van der Waals surface area contributed by atoms with Crippen LogP contribution in [0.1, 0.15) is 0 Å². The zero-order valence-electron chi connectivity index (χ0n) is 10.0. The van der Waals surface area contributed by atoms with Crippen LogP contribution >= 0.6 is 11.3 Å². The number of benzene rings is 1. The fourth-order valence-electron chi connectivity index (χ4n) is 1.82. The van der Waals surface area contributed by atoms with Crippen molar-refractivity contribution in [1.82, 2.24) is 9.97 Å². The molecule has 0 unspecified atom stereocenters. The first kappa shape index (κ1) is 12.2. The molecule has 0 aliphatic heterocycles. The highest BCUT2D eigenvalue weighted by Gasteiger charge is 2.11. The maximum absolute atomic E-state index is 11.5. The Hall–Kier alpha value is -1.86. The Morgan fingerprint density at radius 3 is 2.68 bits per heavy atom. The van der Waals surface area contributed by atoms with E-state index in [1.165, 1.54) is 17.6 Å². The van der Waals surface area contributed by atoms with E-state index in [9.17, 15) is 8.42 Å². The fraction of sp³-hybridized carbons (Fsp3) is 0.0833. The summed E-state index contributed by atoms with van der Waals surface area (Å²) in [7, 11) is -3.21. The third-order valence-electron chi connectivity index (χ3n) is 2.74. The summed E-state index contributed by atoms with van der Waals surface area (Å²) in [6.07, 6.45) is 1.19. The van der Waals surface area contributed by atoms with Gasteiger partial charge in [0.05, 0.1) is 25.8 Å². The molecule has 0 aliphatic rings. The maximum atomic E-state index is 11.5. The molecule has 3 aromatic rings. The van der Waals surface area contributed by atoms with E-state index < -0.39 is 9.84 Å². The molecule has 0 saturated heterocycles. The summed E-state index contributed by atoms with van der Waals surface area (Å²) < 4.78 is 23.0. The lowest BCUT2D eigenvalue weighted by molar-refractivity contribution is 0.602. The zero-order valence-corrected chi connectivity index (χ0v) is 11.7. The van der Waals surface area contributed by atoms with Gasteiger partial charge in [-0.2, -0.15) is 0 Å². The predicted octanol–water partition coefficient (Wildman–Crippen LogP) is 2.28. The quantitative estimate of drug-likeness (QED) is 0.758. The van der Waals surface area contributed by atoms with Gasteiger partial charge in [0.25, 0.3) is 0 Å². The SMILES string of the molecule is CS(=O)(=O)c1ccc2nc(-c3ccc(N)s3)[nH]c2c1. The normalized spacial score (nSPS) is 12.1. The van der Waals surface area contributed by atoms with E-state index in [1.54, 1.807) is 18.2 Å². The van der Waals surface area contributed by atoms with Gasteiger partial charge in [0, 0.05) is 6.26 Å². The van der Waals surface area contributed by atoms with Crippen molar-refractivity contribution in [3.63, 3.8) is 0 Å². The van der Waals surface area contributed by atoms with Crippen LogP contribution in [0, 0.1) is 0 Å². The second kappa shape index (κ2) is 4.07. The van der Waals surface area contributed by atoms with Gasteiger partial charge >= 0.3 is 0 Å². The second-order valence-corrected chi connectivity index (χ2v) is 7.37. The Morgan fingerprint density at radius 1 is 1.26 bits per heavy atom. The third kappa shape index (κ3) is 2.22. The number of aromatic amines is 1. The number of anilines is 1. The minimum Gasteiger partial charge on any atom is -0.391 e. The van der Waals surface area contributed by atoms with Crippen LogP contribution in [0.3, 0.4) is 0 Å². The van der Waals surface area contributed by atoms with E-state index in [2.05, 4.69) is 9.97 Å². The Balaban J connectivity index is 2.16. The molecule has 2 heterocycles. The van der Waals surface area contributed by atoms with Crippen molar-refractivity contribution < 1.29 is 8.42 Å². The number of fused-ring (bicyclic) bond motifs is 1. The number of thiophene rings is 1. The highest BCUT2D eigenvalue weighted by atomic mass is 32.2. The number of aromatic nitrogens is 2. The van der Waals surface area contributed by atoms with Gasteiger partial charge in [-0.15, -0.1) is 11.3 Å². The van der Waals surface area contributed by atoms with Gasteiger partial charge in [0.1, 0.15) is 5.82 Å². The molecular weight excluding hydrogens is 282 g/mol. The van der Waals surface area contributed by atoms with E-state index in [0.717, 1.165) is 10.4 Å². The number of hydrogen-bond acceptors (Lipinski definition) is 5. The molecule has 0 saturated carbocycles. The zero-order chi connectivity index (χ0) is 13.6.